The van der Waals surface area contributed by atoms with Crippen LogP contribution >= 0.6 is 0 Å². The summed E-state index contributed by atoms with van der Waals surface area (Å²) in [5.74, 6) is 1.05. The van der Waals surface area contributed by atoms with E-state index < -0.39 is 4.92 Å². The topological polar surface area (TPSA) is 85.4 Å². The number of benzene rings is 2. The van der Waals surface area contributed by atoms with E-state index in [9.17, 15) is 10.1 Å². The van der Waals surface area contributed by atoms with Gasteiger partial charge in [-0.25, -0.2) is 0 Å². The van der Waals surface area contributed by atoms with Gasteiger partial charge in [0.1, 0.15) is 5.75 Å². The van der Waals surface area contributed by atoms with Crippen LogP contribution in [0.2, 0.25) is 0 Å². The average Bonchev–Trinajstić information content (AvgIpc) is 2.47. The number of methoxy groups -OCH3 is 1. The number of non-ortho nitro benzene ring substituents is 1. The van der Waals surface area contributed by atoms with Crippen molar-refractivity contribution in [2.24, 2.45) is 0 Å². The number of nitro groups is 1. The summed E-state index contributed by atoms with van der Waals surface area (Å²) < 4.78 is 10.6. The van der Waals surface area contributed by atoms with Crippen molar-refractivity contribution in [3.63, 3.8) is 0 Å². The summed E-state index contributed by atoms with van der Waals surface area (Å²) in [7, 11) is 1.40. The normalized spacial score (nSPS) is 9.60. The molecule has 0 amide bonds. The number of nitrogens with zero attached hydrogens (tertiary/aromatic N) is 2. The third kappa shape index (κ3) is 2.84. The van der Waals surface area contributed by atoms with Crippen LogP contribution in [0.1, 0.15) is 5.56 Å². The van der Waals surface area contributed by atoms with E-state index in [1.807, 2.05) is 6.07 Å². The molecule has 20 heavy (non-hydrogen) atoms. The molecular formula is C14H10N2O4. The Balaban J connectivity index is 2.33. The summed E-state index contributed by atoms with van der Waals surface area (Å²) in [5, 5.41) is 19.5. The number of hydrogen-bond acceptors (Lipinski definition) is 5. The molecule has 0 spiro atoms. The monoisotopic (exact) mass is 270 g/mol. The first-order chi connectivity index (χ1) is 9.63. The van der Waals surface area contributed by atoms with E-state index in [-0.39, 0.29) is 11.4 Å². The summed E-state index contributed by atoms with van der Waals surface area (Å²) in [6, 6.07) is 12.7. The maximum absolute atomic E-state index is 10.7. The molecule has 0 bridgehead atoms. The lowest BCUT2D eigenvalue weighted by Gasteiger charge is -2.10. The molecule has 0 N–H and O–H groups in total. The zero-order valence-electron chi connectivity index (χ0n) is 10.6. The van der Waals surface area contributed by atoms with Crippen LogP contribution in [0.4, 0.5) is 5.69 Å². The molecule has 0 radical (unpaired) electrons. The molecule has 0 fully saturated rings. The van der Waals surface area contributed by atoms with Crippen molar-refractivity contribution >= 4 is 5.69 Å². The SMILES string of the molecule is COc1cc([N+](=O)[O-])ccc1Oc1cccc(C#N)c1. The number of rotatable bonds is 4. The maximum atomic E-state index is 10.7. The van der Waals surface area contributed by atoms with Gasteiger partial charge in [-0.2, -0.15) is 5.26 Å². The molecule has 0 aliphatic heterocycles. The predicted octanol–water partition coefficient (Wildman–Crippen LogP) is 3.27. The lowest BCUT2D eigenvalue weighted by molar-refractivity contribution is -0.384. The van der Waals surface area contributed by atoms with E-state index in [1.54, 1.807) is 24.3 Å². The molecule has 6 nitrogen and oxygen atoms in total. The van der Waals surface area contributed by atoms with Crippen molar-refractivity contribution in [1.29, 1.82) is 5.26 Å². The molecule has 6 heteroatoms. The summed E-state index contributed by atoms with van der Waals surface area (Å²) in [6.07, 6.45) is 0. The maximum Gasteiger partial charge on any atom is 0.273 e. The lowest BCUT2D eigenvalue weighted by atomic mass is 10.2. The van der Waals surface area contributed by atoms with Crippen LogP contribution in [0, 0.1) is 21.4 Å². The van der Waals surface area contributed by atoms with Crippen LogP contribution in [-0.4, -0.2) is 12.0 Å². The van der Waals surface area contributed by atoms with Gasteiger partial charge in [-0.15, -0.1) is 0 Å². The fourth-order valence-corrected chi connectivity index (χ4v) is 1.61. The van der Waals surface area contributed by atoms with E-state index >= 15 is 0 Å². The van der Waals surface area contributed by atoms with Crippen molar-refractivity contribution in [2.45, 2.75) is 0 Å². The van der Waals surface area contributed by atoms with Gasteiger partial charge in [0.2, 0.25) is 0 Å². The molecule has 2 rings (SSSR count). The quantitative estimate of drug-likeness (QED) is 0.628. The highest BCUT2D eigenvalue weighted by atomic mass is 16.6. The highest BCUT2D eigenvalue weighted by molar-refractivity contribution is 5.50. The molecule has 2 aromatic carbocycles. The lowest BCUT2D eigenvalue weighted by Crippen LogP contribution is -1.93. The van der Waals surface area contributed by atoms with E-state index in [2.05, 4.69) is 0 Å². The number of hydrogen-bond donors (Lipinski definition) is 0. The highest BCUT2D eigenvalue weighted by Gasteiger charge is 2.13. The Hall–Kier alpha value is -3.07. The van der Waals surface area contributed by atoms with Crippen molar-refractivity contribution in [3.8, 4) is 23.3 Å². The first-order valence-corrected chi connectivity index (χ1v) is 5.64. The Morgan fingerprint density at radius 2 is 2.00 bits per heavy atom. The molecule has 0 saturated carbocycles. The van der Waals surface area contributed by atoms with Crippen LogP contribution in [0.25, 0.3) is 0 Å². The highest BCUT2D eigenvalue weighted by Crippen LogP contribution is 2.34. The van der Waals surface area contributed by atoms with Crippen molar-refractivity contribution in [1.82, 2.24) is 0 Å². The van der Waals surface area contributed by atoms with Crippen molar-refractivity contribution in [3.05, 3.63) is 58.1 Å². The molecule has 0 atom stereocenters. The fourth-order valence-electron chi connectivity index (χ4n) is 1.61. The van der Waals surface area contributed by atoms with Gasteiger partial charge in [0, 0.05) is 6.07 Å². The smallest absolute Gasteiger partial charge is 0.273 e. The third-order valence-corrected chi connectivity index (χ3v) is 2.55. The molecule has 0 saturated heterocycles. The predicted molar refractivity (Wildman–Crippen MR) is 70.9 cm³/mol. The second kappa shape index (κ2) is 5.71. The minimum atomic E-state index is -0.511. The summed E-state index contributed by atoms with van der Waals surface area (Å²) in [5.41, 5.74) is 0.378. The minimum absolute atomic E-state index is 0.0834. The van der Waals surface area contributed by atoms with E-state index in [1.165, 1.54) is 25.3 Å². The minimum Gasteiger partial charge on any atom is -0.493 e. The Bertz CT molecular complexity index is 692. The van der Waals surface area contributed by atoms with Crippen LogP contribution < -0.4 is 9.47 Å². The van der Waals surface area contributed by atoms with E-state index in [0.717, 1.165) is 0 Å². The molecule has 0 heterocycles. The number of ether oxygens (including phenoxy) is 2. The van der Waals surface area contributed by atoms with E-state index in [4.69, 9.17) is 14.7 Å². The van der Waals surface area contributed by atoms with Crippen LogP contribution in [-0.2, 0) is 0 Å². The van der Waals surface area contributed by atoms with Gasteiger partial charge in [-0.1, -0.05) is 6.07 Å². The van der Waals surface area contributed by atoms with Gasteiger partial charge in [0.05, 0.1) is 29.7 Å². The molecule has 0 aromatic heterocycles. The number of nitro benzene ring substituents is 1. The first-order valence-electron chi connectivity index (χ1n) is 5.64. The van der Waals surface area contributed by atoms with Gasteiger partial charge in [-0.05, 0) is 24.3 Å². The Morgan fingerprint density at radius 3 is 2.65 bits per heavy atom. The van der Waals surface area contributed by atoms with E-state index in [0.29, 0.717) is 17.1 Å². The molecular weight excluding hydrogens is 260 g/mol. The van der Waals surface area contributed by atoms with Crippen molar-refractivity contribution in [2.75, 3.05) is 7.11 Å². The van der Waals surface area contributed by atoms with Gasteiger partial charge in [0.15, 0.2) is 11.5 Å². The summed E-state index contributed by atoms with van der Waals surface area (Å²) in [6.45, 7) is 0. The Morgan fingerprint density at radius 1 is 1.20 bits per heavy atom. The molecule has 0 unspecified atom stereocenters. The molecule has 100 valence electrons. The summed E-state index contributed by atoms with van der Waals surface area (Å²) >= 11 is 0. The van der Waals surface area contributed by atoms with Gasteiger partial charge < -0.3 is 9.47 Å². The molecule has 0 aliphatic carbocycles. The van der Waals surface area contributed by atoms with Crippen LogP contribution in [0.3, 0.4) is 0 Å². The van der Waals surface area contributed by atoms with Crippen LogP contribution in [0.15, 0.2) is 42.5 Å². The zero-order chi connectivity index (χ0) is 14.5. The first kappa shape index (κ1) is 13.4. The Labute approximate surface area is 114 Å². The van der Waals surface area contributed by atoms with Crippen molar-refractivity contribution < 1.29 is 14.4 Å². The summed E-state index contributed by atoms with van der Waals surface area (Å²) in [4.78, 5) is 10.2. The van der Waals surface area contributed by atoms with Crippen LogP contribution in [0.5, 0.6) is 17.2 Å². The largest absolute Gasteiger partial charge is 0.493 e. The second-order valence-corrected chi connectivity index (χ2v) is 3.83. The average molecular weight is 270 g/mol. The second-order valence-electron chi connectivity index (χ2n) is 3.83. The van der Waals surface area contributed by atoms with Gasteiger partial charge in [0.25, 0.3) is 5.69 Å². The number of nitriles is 1. The van der Waals surface area contributed by atoms with Gasteiger partial charge in [-0.3, -0.25) is 10.1 Å². The standard InChI is InChI=1S/C14H10N2O4/c1-19-14-8-11(16(17)18)5-6-13(14)20-12-4-2-3-10(7-12)9-15/h2-8H,1H3. The Kier molecular flexibility index (Phi) is 3.82. The third-order valence-electron chi connectivity index (χ3n) is 2.55. The molecule has 2 aromatic rings. The molecule has 0 aliphatic rings. The fraction of sp³-hybridized carbons (Fsp3) is 0.0714. The zero-order valence-corrected chi connectivity index (χ0v) is 10.6. The van der Waals surface area contributed by atoms with Gasteiger partial charge >= 0.3 is 0 Å².